The molecule has 0 radical (unpaired) electrons. The summed E-state index contributed by atoms with van der Waals surface area (Å²) < 4.78 is 13.5. The molecular weight excluding hydrogens is 353 g/mol. The maximum atomic E-state index is 13.1. The predicted octanol–water partition coefficient (Wildman–Crippen LogP) is 3.59. The summed E-state index contributed by atoms with van der Waals surface area (Å²) in [5, 5.41) is 7.47. The Kier molecular flexibility index (Phi) is 5.83. The van der Waals surface area contributed by atoms with E-state index in [1.165, 1.54) is 6.07 Å². The Balaban J connectivity index is 1.80. The van der Waals surface area contributed by atoms with Crippen molar-refractivity contribution >= 4 is 39.5 Å². The third-order valence-corrected chi connectivity index (χ3v) is 3.46. The summed E-state index contributed by atoms with van der Waals surface area (Å²) in [6.07, 6.45) is 1.57. The molecule has 2 N–H and O–H groups in total. The van der Waals surface area contributed by atoms with Gasteiger partial charge in [0, 0.05) is 6.54 Å². The number of nitrogens with zero attached hydrogens (tertiary/aromatic N) is 1. The maximum Gasteiger partial charge on any atom is 0.187 e. The lowest BCUT2D eigenvalue weighted by Gasteiger charge is -2.06. The molecule has 0 amide bonds. The molecule has 0 saturated heterocycles. The van der Waals surface area contributed by atoms with Crippen molar-refractivity contribution in [1.29, 1.82) is 0 Å². The molecule has 0 unspecified atom stereocenters. The van der Waals surface area contributed by atoms with E-state index in [1.807, 2.05) is 30.3 Å². The largest absolute Gasteiger partial charge is 0.357 e. The molecule has 21 heavy (non-hydrogen) atoms. The van der Waals surface area contributed by atoms with Crippen molar-refractivity contribution in [2.45, 2.75) is 6.54 Å². The average Bonchev–Trinajstić information content (AvgIpc) is 2.50. The van der Waals surface area contributed by atoms with Gasteiger partial charge in [0.2, 0.25) is 0 Å². The number of hydrogen-bond donors (Lipinski definition) is 2. The van der Waals surface area contributed by atoms with E-state index in [1.54, 1.807) is 18.3 Å². The summed E-state index contributed by atoms with van der Waals surface area (Å²) >= 11 is 8.23. The van der Waals surface area contributed by atoms with Gasteiger partial charge in [0.15, 0.2) is 5.11 Å². The van der Waals surface area contributed by atoms with Crippen molar-refractivity contribution in [3.05, 3.63) is 69.9 Å². The fraction of sp³-hybridized carbons (Fsp3) is 0.0667. The van der Waals surface area contributed by atoms with Crippen molar-refractivity contribution in [3.63, 3.8) is 0 Å². The van der Waals surface area contributed by atoms with Crippen LogP contribution in [0.15, 0.2) is 58.1 Å². The molecule has 2 aromatic rings. The van der Waals surface area contributed by atoms with Crippen LogP contribution in [0, 0.1) is 5.82 Å². The molecule has 0 aliphatic carbocycles. The summed E-state index contributed by atoms with van der Waals surface area (Å²) in [4.78, 5) is 0. The van der Waals surface area contributed by atoms with Crippen LogP contribution >= 0.6 is 28.1 Å². The first-order valence-corrected chi connectivity index (χ1v) is 7.41. The number of nitrogens with one attached hydrogen (secondary N) is 2. The van der Waals surface area contributed by atoms with Gasteiger partial charge in [-0.1, -0.05) is 36.4 Å². The second-order valence-electron chi connectivity index (χ2n) is 4.21. The molecule has 2 rings (SSSR count). The average molecular weight is 366 g/mol. The Morgan fingerprint density at radius 3 is 2.71 bits per heavy atom. The van der Waals surface area contributed by atoms with Gasteiger partial charge in [0.1, 0.15) is 5.82 Å². The molecule has 2 aromatic carbocycles. The van der Waals surface area contributed by atoms with E-state index in [4.69, 9.17) is 12.2 Å². The second kappa shape index (κ2) is 7.85. The zero-order valence-electron chi connectivity index (χ0n) is 11.0. The molecule has 108 valence electrons. The lowest BCUT2D eigenvalue weighted by Crippen LogP contribution is -2.31. The highest BCUT2D eigenvalue weighted by Crippen LogP contribution is 2.15. The standard InChI is InChI=1S/C15H13BrFN3S/c16-13-8-12(6-7-14(13)17)10-19-20-15(21)18-9-11-4-2-1-3-5-11/h1-8,10H,9H2,(H2,18,20,21)/b19-10-. The van der Waals surface area contributed by atoms with Crippen molar-refractivity contribution in [1.82, 2.24) is 10.7 Å². The Morgan fingerprint density at radius 2 is 2.00 bits per heavy atom. The summed E-state index contributed by atoms with van der Waals surface area (Å²) in [6, 6.07) is 14.6. The van der Waals surface area contributed by atoms with Crippen LogP contribution in [-0.4, -0.2) is 11.3 Å². The minimum Gasteiger partial charge on any atom is -0.357 e. The molecule has 0 aromatic heterocycles. The Hall–Kier alpha value is -1.79. The summed E-state index contributed by atoms with van der Waals surface area (Å²) in [6.45, 7) is 0.629. The number of benzene rings is 2. The van der Waals surface area contributed by atoms with E-state index in [0.29, 0.717) is 16.1 Å². The van der Waals surface area contributed by atoms with Gasteiger partial charge in [-0.05, 0) is 51.4 Å². The number of hydrogen-bond acceptors (Lipinski definition) is 2. The van der Waals surface area contributed by atoms with Gasteiger partial charge in [0.25, 0.3) is 0 Å². The highest BCUT2D eigenvalue weighted by molar-refractivity contribution is 9.10. The van der Waals surface area contributed by atoms with Crippen LogP contribution in [0.2, 0.25) is 0 Å². The van der Waals surface area contributed by atoms with E-state index in [9.17, 15) is 4.39 Å². The minimum atomic E-state index is -0.305. The number of thiocarbonyl (C=S) groups is 1. The lowest BCUT2D eigenvalue weighted by atomic mass is 10.2. The van der Waals surface area contributed by atoms with Crippen LogP contribution in [0.25, 0.3) is 0 Å². The SMILES string of the molecule is Fc1ccc(/C=N\NC(=S)NCc2ccccc2)cc1Br. The highest BCUT2D eigenvalue weighted by Gasteiger charge is 1.98. The second-order valence-corrected chi connectivity index (χ2v) is 5.47. The van der Waals surface area contributed by atoms with Crippen LogP contribution in [0.5, 0.6) is 0 Å². The van der Waals surface area contributed by atoms with E-state index in [0.717, 1.165) is 11.1 Å². The fourth-order valence-corrected chi connectivity index (χ4v) is 2.10. The lowest BCUT2D eigenvalue weighted by molar-refractivity contribution is 0.621. The van der Waals surface area contributed by atoms with E-state index in [2.05, 4.69) is 31.8 Å². The monoisotopic (exact) mass is 365 g/mol. The van der Waals surface area contributed by atoms with E-state index in [-0.39, 0.29) is 5.82 Å². The smallest absolute Gasteiger partial charge is 0.187 e. The molecule has 0 heterocycles. The minimum absolute atomic E-state index is 0.305. The molecule has 0 saturated carbocycles. The first kappa shape index (κ1) is 15.6. The van der Waals surface area contributed by atoms with Gasteiger partial charge in [0.05, 0.1) is 10.7 Å². The van der Waals surface area contributed by atoms with Crippen molar-refractivity contribution in [2.24, 2.45) is 5.10 Å². The third-order valence-electron chi connectivity index (χ3n) is 2.62. The molecule has 0 fully saturated rings. The molecule has 6 heteroatoms. The fourth-order valence-electron chi connectivity index (χ4n) is 1.58. The Labute approximate surface area is 136 Å². The van der Waals surface area contributed by atoms with Gasteiger partial charge in [-0.25, -0.2) is 4.39 Å². The number of hydrazone groups is 1. The molecule has 0 bridgehead atoms. The quantitative estimate of drug-likeness (QED) is 0.493. The molecular formula is C15H13BrFN3S. The molecule has 0 aliphatic heterocycles. The van der Waals surface area contributed by atoms with E-state index < -0.39 is 0 Å². The van der Waals surface area contributed by atoms with Gasteiger partial charge >= 0.3 is 0 Å². The first-order chi connectivity index (χ1) is 10.1. The summed E-state index contributed by atoms with van der Waals surface area (Å²) in [7, 11) is 0. The van der Waals surface area contributed by atoms with Crippen LogP contribution in [0.4, 0.5) is 4.39 Å². The number of halogens is 2. The van der Waals surface area contributed by atoms with Crippen molar-refractivity contribution in [2.75, 3.05) is 0 Å². The van der Waals surface area contributed by atoms with Gasteiger partial charge < -0.3 is 5.32 Å². The molecule has 3 nitrogen and oxygen atoms in total. The topological polar surface area (TPSA) is 36.4 Å². The van der Waals surface area contributed by atoms with Crippen LogP contribution < -0.4 is 10.7 Å². The zero-order valence-corrected chi connectivity index (χ0v) is 13.4. The molecule has 0 spiro atoms. The van der Waals surface area contributed by atoms with Crippen LogP contribution in [0.3, 0.4) is 0 Å². The normalized spacial score (nSPS) is 10.6. The third kappa shape index (κ3) is 5.24. The molecule has 0 aliphatic rings. The zero-order chi connectivity index (χ0) is 15.1. The van der Waals surface area contributed by atoms with Gasteiger partial charge in [-0.3, -0.25) is 5.43 Å². The Morgan fingerprint density at radius 1 is 1.24 bits per heavy atom. The highest BCUT2D eigenvalue weighted by atomic mass is 79.9. The van der Waals surface area contributed by atoms with Gasteiger partial charge in [-0.15, -0.1) is 0 Å². The van der Waals surface area contributed by atoms with Crippen LogP contribution in [0.1, 0.15) is 11.1 Å². The molecule has 0 atom stereocenters. The maximum absolute atomic E-state index is 13.1. The summed E-state index contributed by atoms with van der Waals surface area (Å²) in [5.41, 5.74) is 4.61. The van der Waals surface area contributed by atoms with Crippen molar-refractivity contribution in [3.8, 4) is 0 Å². The van der Waals surface area contributed by atoms with Crippen molar-refractivity contribution < 1.29 is 4.39 Å². The summed E-state index contributed by atoms with van der Waals surface area (Å²) in [5.74, 6) is -0.305. The van der Waals surface area contributed by atoms with Gasteiger partial charge in [-0.2, -0.15) is 5.10 Å². The van der Waals surface area contributed by atoms with Crippen LogP contribution in [-0.2, 0) is 6.54 Å². The van der Waals surface area contributed by atoms with E-state index >= 15 is 0 Å². The number of rotatable bonds is 4. The Bertz CT molecular complexity index is 647. The predicted molar refractivity (Wildman–Crippen MR) is 90.7 cm³/mol. The first-order valence-electron chi connectivity index (χ1n) is 6.21.